The van der Waals surface area contributed by atoms with E-state index < -0.39 is 0 Å². The maximum absolute atomic E-state index is 6.18. The lowest BCUT2D eigenvalue weighted by molar-refractivity contribution is 0.425. The van der Waals surface area contributed by atoms with E-state index in [0.717, 1.165) is 11.3 Å². The summed E-state index contributed by atoms with van der Waals surface area (Å²) in [6.45, 7) is 4.11. The van der Waals surface area contributed by atoms with Crippen LogP contribution in [0.1, 0.15) is 17.0 Å². The number of hydrogen-bond acceptors (Lipinski definition) is 7. The highest BCUT2D eigenvalue weighted by Crippen LogP contribution is 2.28. The van der Waals surface area contributed by atoms with Gasteiger partial charge in [0.15, 0.2) is 5.82 Å². The monoisotopic (exact) mass is 398 g/mol. The zero-order valence-corrected chi connectivity index (χ0v) is 16.2. The molecule has 2 heterocycles. The van der Waals surface area contributed by atoms with Gasteiger partial charge in [-0.3, -0.25) is 0 Å². The summed E-state index contributed by atoms with van der Waals surface area (Å²) in [7, 11) is 0. The summed E-state index contributed by atoms with van der Waals surface area (Å²) in [4.78, 5) is 4.41. The van der Waals surface area contributed by atoms with Gasteiger partial charge in [-0.1, -0.05) is 52.8 Å². The molecule has 0 bridgehead atoms. The molecule has 0 radical (unpaired) electrons. The Kier molecular flexibility index (Phi) is 4.91. The zero-order valence-electron chi connectivity index (χ0n) is 14.6. The van der Waals surface area contributed by atoms with Gasteiger partial charge >= 0.3 is 0 Å². The van der Waals surface area contributed by atoms with Gasteiger partial charge in [0.05, 0.1) is 22.0 Å². The van der Waals surface area contributed by atoms with Crippen LogP contribution in [0.2, 0.25) is 5.02 Å². The molecule has 9 heteroatoms. The third-order valence-corrected chi connectivity index (χ3v) is 5.39. The highest BCUT2D eigenvalue weighted by molar-refractivity contribution is 7.98. The van der Waals surface area contributed by atoms with Crippen molar-refractivity contribution in [2.75, 3.05) is 0 Å². The molecule has 4 rings (SSSR count). The van der Waals surface area contributed by atoms with E-state index >= 15 is 0 Å². The fraction of sp³-hybridized carbons (Fsp3) is 0.167. The second-order valence-electron chi connectivity index (χ2n) is 5.88. The molecule has 136 valence electrons. The van der Waals surface area contributed by atoms with Gasteiger partial charge in [-0.05, 0) is 53.6 Å². The van der Waals surface area contributed by atoms with Gasteiger partial charge in [-0.2, -0.15) is 9.67 Å². The van der Waals surface area contributed by atoms with Gasteiger partial charge < -0.3 is 4.52 Å². The van der Waals surface area contributed by atoms with Crippen molar-refractivity contribution in [2.45, 2.75) is 24.8 Å². The minimum atomic E-state index is 0.394. The molecule has 27 heavy (non-hydrogen) atoms. The van der Waals surface area contributed by atoms with Gasteiger partial charge in [0.2, 0.25) is 5.16 Å². The van der Waals surface area contributed by atoms with Crippen LogP contribution in [0.3, 0.4) is 0 Å². The van der Waals surface area contributed by atoms with Crippen LogP contribution >= 0.6 is 23.4 Å². The Hall–Kier alpha value is -2.71. The number of thioether (sulfide) groups is 1. The van der Waals surface area contributed by atoms with Gasteiger partial charge in [-0.15, -0.1) is 5.10 Å². The van der Waals surface area contributed by atoms with Crippen molar-refractivity contribution >= 4 is 23.4 Å². The lowest BCUT2D eigenvalue weighted by Crippen LogP contribution is -2.02. The van der Waals surface area contributed by atoms with Crippen molar-refractivity contribution in [3.63, 3.8) is 0 Å². The number of tetrazole rings is 1. The van der Waals surface area contributed by atoms with Crippen molar-refractivity contribution in [1.29, 1.82) is 0 Å². The predicted molar refractivity (Wildman–Crippen MR) is 103 cm³/mol. The number of aryl methyl sites for hydroxylation is 1. The van der Waals surface area contributed by atoms with Crippen LogP contribution in [0.25, 0.3) is 17.1 Å². The number of halogens is 1. The summed E-state index contributed by atoms with van der Waals surface area (Å²) in [6.07, 6.45) is 0. The molecule has 0 aliphatic rings. The average molecular weight is 399 g/mol. The van der Waals surface area contributed by atoms with Gasteiger partial charge in [0.1, 0.15) is 0 Å². The molecule has 0 spiro atoms. The molecular formula is C18H15ClN6OS. The third kappa shape index (κ3) is 3.58. The first-order valence-corrected chi connectivity index (χ1v) is 9.55. The summed E-state index contributed by atoms with van der Waals surface area (Å²) < 4.78 is 7.06. The molecule has 0 aliphatic heterocycles. The van der Waals surface area contributed by atoms with Crippen molar-refractivity contribution < 1.29 is 4.52 Å². The molecule has 0 saturated carbocycles. The minimum absolute atomic E-state index is 0.394. The summed E-state index contributed by atoms with van der Waals surface area (Å²) >= 11 is 7.62. The van der Waals surface area contributed by atoms with Crippen LogP contribution in [0.4, 0.5) is 0 Å². The van der Waals surface area contributed by atoms with Gasteiger partial charge in [0, 0.05) is 0 Å². The smallest absolute Gasteiger partial charge is 0.259 e. The first-order valence-electron chi connectivity index (χ1n) is 8.19. The van der Waals surface area contributed by atoms with Gasteiger partial charge in [-0.25, -0.2) is 0 Å². The molecular weight excluding hydrogens is 384 g/mol. The number of benzene rings is 2. The van der Waals surface area contributed by atoms with E-state index in [1.807, 2.05) is 30.3 Å². The Morgan fingerprint density at radius 1 is 1.11 bits per heavy atom. The van der Waals surface area contributed by atoms with Crippen molar-refractivity contribution in [3.05, 3.63) is 64.4 Å². The maximum Gasteiger partial charge on any atom is 0.259 e. The molecule has 4 aromatic rings. The summed E-state index contributed by atoms with van der Waals surface area (Å²) in [5, 5.41) is 17.3. The van der Waals surface area contributed by atoms with Crippen LogP contribution in [0.15, 0.2) is 52.1 Å². The molecule has 0 N–H and O–H groups in total. The Morgan fingerprint density at radius 3 is 2.81 bits per heavy atom. The molecule has 0 aliphatic carbocycles. The number of rotatable bonds is 5. The zero-order chi connectivity index (χ0) is 18.8. The number of aromatic nitrogens is 6. The van der Waals surface area contributed by atoms with Crippen molar-refractivity contribution in [2.24, 2.45) is 0 Å². The first-order chi connectivity index (χ1) is 13.1. The molecule has 0 saturated heterocycles. The Labute approximate surface area is 164 Å². The lowest BCUT2D eigenvalue weighted by Gasteiger charge is -2.08. The van der Waals surface area contributed by atoms with Crippen LogP contribution in [0, 0.1) is 13.8 Å². The van der Waals surface area contributed by atoms with E-state index in [2.05, 4.69) is 45.6 Å². The van der Waals surface area contributed by atoms with Crippen molar-refractivity contribution in [1.82, 2.24) is 30.3 Å². The molecule has 0 fully saturated rings. The maximum atomic E-state index is 6.18. The minimum Gasteiger partial charge on any atom is -0.334 e. The standard InChI is InChI=1S/C18H15ClN6OS/c1-11-6-5-9-15(12(11)2)25-18(21-23-24-25)27-10-16-20-17(26-22-16)13-7-3-4-8-14(13)19/h3-9H,10H2,1-2H3. The Bertz CT molecular complexity index is 1090. The Morgan fingerprint density at radius 2 is 1.96 bits per heavy atom. The molecule has 2 aromatic heterocycles. The second-order valence-corrected chi connectivity index (χ2v) is 7.23. The number of nitrogens with zero attached hydrogens (tertiary/aromatic N) is 6. The highest BCUT2D eigenvalue weighted by Gasteiger charge is 2.15. The SMILES string of the molecule is Cc1cccc(-n2nnnc2SCc2noc(-c3ccccc3Cl)n2)c1C. The Balaban J connectivity index is 1.54. The summed E-state index contributed by atoms with van der Waals surface area (Å²) in [6, 6.07) is 13.4. The predicted octanol–water partition coefficient (Wildman–Crippen LogP) is 4.27. The van der Waals surface area contributed by atoms with E-state index in [9.17, 15) is 0 Å². The van der Waals surface area contributed by atoms with Crippen LogP contribution in [0.5, 0.6) is 0 Å². The molecule has 0 unspecified atom stereocenters. The first kappa shape index (κ1) is 17.7. The van der Waals surface area contributed by atoms with Crippen LogP contribution in [-0.2, 0) is 5.75 Å². The molecule has 2 aromatic carbocycles. The highest BCUT2D eigenvalue weighted by atomic mass is 35.5. The van der Waals surface area contributed by atoms with Crippen LogP contribution < -0.4 is 0 Å². The van der Waals surface area contributed by atoms with E-state index in [4.69, 9.17) is 16.1 Å². The average Bonchev–Trinajstić information content (AvgIpc) is 3.32. The van der Waals surface area contributed by atoms with Crippen LogP contribution in [-0.4, -0.2) is 30.3 Å². The van der Waals surface area contributed by atoms with E-state index in [1.165, 1.54) is 17.3 Å². The molecule has 7 nitrogen and oxygen atoms in total. The van der Waals surface area contributed by atoms with E-state index in [1.54, 1.807) is 10.7 Å². The van der Waals surface area contributed by atoms with Gasteiger partial charge in [0.25, 0.3) is 5.89 Å². The summed E-state index contributed by atoms with van der Waals surface area (Å²) in [5.41, 5.74) is 3.98. The normalized spacial score (nSPS) is 11.1. The molecule has 0 amide bonds. The quantitative estimate of drug-likeness (QED) is 0.464. The van der Waals surface area contributed by atoms with E-state index in [-0.39, 0.29) is 0 Å². The fourth-order valence-corrected chi connectivity index (χ4v) is 3.51. The second kappa shape index (κ2) is 7.50. The fourth-order valence-electron chi connectivity index (χ4n) is 2.57. The summed E-state index contributed by atoms with van der Waals surface area (Å²) in [5.74, 6) is 1.41. The lowest BCUT2D eigenvalue weighted by atomic mass is 10.1. The van der Waals surface area contributed by atoms with E-state index in [0.29, 0.717) is 33.2 Å². The topological polar surface area (TPSA) is 82.5 Å². The third-order valence-electron chi connectivity index (χ3n) is 4.15. The largest absolute Gasteiger partial charge is 0.334 e. The number of hydrogen-bond donors (Lipinski definition) is 0. The molecule has 0 atom stereocenters. The van der Waals surface area contributed by atoms with Crippen molar-refractivity contribution in [3.8, 4) is 17.1 Å².